The second-order valence-corrected chi connectivity index (χ2v) is 5.29. The molecule has 4 nitrogen and oxygen atoms in total. The highest BCUT2D eigenvalue weighted by atomic mass is 32.2. The van der Waals surface area contributed by atoms with Gasteiger partial charge in [-0.15, -0.1) is 11.8 Å². The van der Waals surface area contributed by atoms with E-state index in [1.165, 1.54) is 19.1 Å². The van der Waals surface area contributed by atoms with Crippen LogP contribution < -0.4 is 10.6 Å². The molecule has 1 fully saturated rings. The monoisotopic (exact) mass is 258 g/mol. The van der Waals surface area contributed by atoms with E-state index in [2.05, 4.69) is 17.2 Å². The normalized spacial score (nSPS) is 16.5. The van der Waals surface area contributed by atoms with Gasteiger partial charge in [0.15, 0.2) is 0 Å². The first-order chi connectivity index (χ1) is 8.33. The topological polar surface area (TPSA) is 50.4 Å². The predicted molar refractivity (Wildman–Crippen MR) is 72.1 cm³/mol. The molecule has 0 unspecified atom stereocenters. The fourth-order valence-corrected chi connectivity index (χ4v) is 2.73. The molecule has 0 aromatic rings. The molecule has 0 radical (unpaired) electrons. The van der Waals surface area contributed by atoms with Crippen LogP contribution in [0.25, 0.3) is 0 Å². The highest BCUT2D eigenvalue weighted by Crippen LogP contribution is 2.19. The van der Waals surface area contributed by atoms with Gasteiger partial charge in [-0.1, -0.05) is 6.58 Å². The summed E-state index contributed by atoms with van der Waals surface area (Å²) in [5.41, 5.74) is 0. The summed E-state index contributed by atoms with van der Waals surface area (Å²) in [7, 11) is 0. The number of ether oxygens (including phenoxy) is 1. The lowest BCUT2D eigenvalue weighted by Crippen LogP contribution is -2.31. The molecule has 1 aliphatic heterocycles. The molecular weight excluding hydrogens is 236 g/mol. The van der Waals surface area contributed by atoms with Gasteiger partial charge < -0.3 is 15.4 Å². The molecular formula is C12H22N2O2S. The number of carbonyl (C=O) groups is 1. The number of hydrogen-bond donors (Lipinski definition) is 2. The minimum Gasteiger partial charge on any atom is -0.502 e. The average Bonchev–Trinajstić information content (AvgIpc) is 2.37. The van der Waals surface area contributed by atoms with Crippen LogP contribution in [-0.4, -0.2) is 43.2 Å². The maximum atomic E-state index is 11.5. The number of thioether (sulfide) groups is 1. The molecule has 1 aliphatic rings. The summed E-state index contributed by atoms with van der Waals surface area (Å²) >= 11 is 1.77. The Hall–Kier alpha value is -0.680. The van der Waals surface area contributed by atoms with Gasteiger partial charge >= 0.3 is 0 Å². The van der Waals surface area contributed by atoms with Crippen LogP contribution in [0.3, 0.4) is 0 Å². The summed E-state index contributed by atoms with van der Waals surface area (Å²) in [6.07, 6.45) is 4.60. The van der Waals surface area contributed by atoms with Gasteiger partial charge in [0, 0.05) is 11.8 Å². The maximum Gasteiger partial charge on any atom is 0.230 e. The third kappa shape index (κ3) is 7.28. The molecule has 0 saturated carbocycles. The molecule has 1 amide bonds. The van der Waals surface area contributed by atoms with Crippen molar-refractivity contribution in [3.8, 4) is 0 Å². The van der Waals surface area contributed by atoms with Crippen molar-refractivity contribution >= 4 is 17.7 Å². The second-order valence-electron chi connectivity index (χ2n) is 4.00. The van der Waals surface area contributed by atoms with Crippen molar-refractivity contribution in [3.05, 3.63) is 12.8 Å². The first kappa shape index (κ1) is 14.4. The first-order valence-electron chi connectivity index (χ1n) is 6.14. The minimum absolute atomic E-state index is 0.132. The molecule has 0 aromatic carbocycles. The van der Waals surface area contributed by atoms with Crippen LogP contribution in [-0.2, 0) is 9.53 Å². The van der Waals surface area contributed by atoms with Gasteiger partial charge in [0.1, 0.15) is 0 Å². The number of hydrogen-bond acceptors (Lipinski definition) is 4. The van der Waals surface area contributed by atoms with E-state index in [9.17, 15) is 4.79 Å². The van der Waals surface area contributed by atoms with Gasteiger partial charge in [-0.25, -0.2) is 0 Å². The molecule has 98 valence electrons. The van der Waals surface area contributed by atoms with Crippen LogP contribution in [0.15, 0.2) is 12.8 Å². The summed E-state index contributed by atoms with van der Waals surface area (Å²) in [5.74, 6) is 0.708. The number of nitrogens with one attached hydrogen (secondary N) is 2. The Morgan fingerprint density at radius 3 is 3.00 bits per heavy atom. The Balaban J connectivity index is 1.94. The number of carbonyl (C=O) groups excluding carboxylic acids is 1. The van der Waals surface area contributed by atoms with Crippen LogP contribution in [0.4, 0.5) is 0 Å². The van der Waals surface area contributed by atoms with E-state index in [0.29, 0.717) is 24.2 Å². The van der Waals surface area contributed by atoms with Crippen LogP contribution in [0.2, 0.25) is 0 Å². The lowest BCUT2D eigenvalue weighted by molar-refractivity contribution is -0.118. The fraction of sp³-hybridized carbons (Fsp3) is 0.750. The van der Waals surface area contributed by atoms with Crippen LogP contribution >= 0.6 is 11.8 Å². The Morgan fingerprint density at radius 1 is 1.53 bits per heavy atom. The summed E-state index contributed by atoms with van der Waals surface area (Å²) < 4.78 is 4.97. The van der Waals surface area contributed by atoms with Crippen molar-refractivity contribution in [2.24, 2.45) is 0 Å². The van der Waals surface area contributed by atoms with Gasteiger partial charge in [0.25, 0.3) is 0 Å². The first-order valence-corrected chi connectivity index (χ1v) is 7.19. The van der Waals surface area contributed by atoms with Crippen molar-refractivity contribution < 1.29 is 9.53 Å². The van der Waals surface area contributed by atoms with Crippen molar-refractivity contribution in [2.45, 2.75) is 24.5 Å². The van der Waals surface area contributed by atoms with E-state index in [0.717, 1.165) is 19.5 Å². The Labute approximate surface area is 108 Å². The highest BCUT2D eigenvalue weighted by Gasteiger charge is 2.14. The smallest absolute Gasteiger partial charge is 0.230 e. The fourth-order valence-electron chi connectivity index (χ4n) is 1.67. The Morgan fingerprint density at radius 2 is 2.29 bits per heavy atom. The summed E-state index contributed by atoms with van der Waals surface area (Å²) in [4.78, 5) is 11.5. The molecule has 17 heavy (non-hydrogen) atoms. The van der Waals surface area contributed by atoms with Gasteiger partial charge in [-0.2, -0.15) is 0 Å². The summed E-state index contributed by atoms with van der Waals surface area (Å²) in [6, 6.07) is 0. The molecule has 1 rings (SSSR count). The lowest BCUT2D eigenvalue weighted by Gasteiger charge is -2.21. The van der Waals surface area contributed by atoms with Crippen LogP contribution in [0, 0.1) is 0 Å². The maximum absolute atomic E-state index is 11.5. The van der Waals surface area contributed by atoms with Gasteiger partial charge in [-0.3, -0.25) is 4.79 Å². The molecule has 1 heterocycles. The van der Waals surface area contributed by atoms with Gasteiger partial charge in [-0.05, 0) is 32.4 Å². The van der Waals surface area contributed by atoms with Gasteiger partial charge in [0.2, 0.25) is 5.91 Å². The number of piperidine rings is 1. The Bertz CT molecular complexity index is 231. The average molecular weight is 258 g/mol. The van der Waals surface area contributed by atoms with E-state index in [4.69, 9.17) is 4.74 Å². The third-order valence-corrected chi connectivity index (χ3v) is 3.99. The zero-order valence-electron chi connectivity index (χ0n) is 10.2. The van der Waals surface area contributed by atoms with Crippen molar-refractivity contribution in [1.82, 2.24) is 10.6 Å². The van der Waals surface area contributed by atoms with E-state index >= 15 is 0 Å². The van der Waals surface area contributed by atoms with Crippen LogP contribution in [0.1, 0.15) is 19.3 Å². The zero-order valence-corrected chi connectivity index (χ0v) is 11.1. The SMILES string of the molecule is C=COCCCNC(=O)CSC1CCNCC1. The molecule has 5 heteroatoms. The minimum atomic E-state index is 0.132. The molecule has 0 atom stereocenters. The van der Waals surface area contributed by atoms with Gasteiger partial charge in [0.05, 0.1) is 18.6 Å². The highest BCUT2D eigenvalue weighted by molar-refractivity contribution is 8.00. The Kier molecular flexibility index (Phi) is 7.92. The van der Waals surface area contributed by atoms with Crippen molar-refractivity contribution in [1.29, 1.82) is 0 Å². The van der Waals surface area contributed by atoms with E-state index in [1.807, 2.05) is 0 Å². The van der Waals surface area contributed by atoms with E-state index in [-0.39, 0.29) is 5.91 Å². The lowest BCUT2D eigenvalue weighted by atomic mass is 10.2. The largest absolute Gasteiger partial charge is 0.502 e. The van der Waals surface area contributed by atoms with E-state index < -0.39 is 0 Å². The van der Waals surface area contributed by atoms with Crippen molar-refractivity contribution in [2.75, 3.05) is 32.0 Å². The molecule has 0 aromatic heterocycles. The van der Waals surface area contributed by atoms with E-state index in [1.54, 1.807) is 11.8 Å². The summed E-state index contributed by atoms with van der Waals surface area (Å²) in [6.45, 7) is 6.92. The van der Waals surface area contributed by atoms with Crippen molar-refractivity contribution in [3.63, 3.8) is 0 Å². The second kappa shape index (κ2) is 9.36. The summed E-state index contributed by atoms with van der Waals surface area (Å²) in [5, 5.41) is 6.86. The standard InChI is InChI=1S/C12H22N2O2S/c1-2-16-9-3-6-14-12(15)10-17-11-4-7-13-8-5-11/h2,11,13H,1,3-10H2,(H,14,15). The zero-order chi connectivity index (χ0) is 12.3. The third-order valence-electron chi connectivity index (χ3n) is 2.62. The molecule has 0 spiro atoms. The van der Waals surface area contributed by atoms with Crippen LogP contribution in [0.5, 0.6) is 0 Å². The molecule has 2 N–H and O–H groups in total. The number of amides is 1. The number of rotatable bonds is 8. The molecule has 1 saturated heterocycles. The predicted octanol–water partition coefficient (Wildman–Crippen LogP) is 1.14. The quantitative estimate of drug-likeness (QED) is 0.506. The molecule has 0 bridgehead atoms. The molecule has 0 aliphatic carbocycles.